The van der Waals surface area contributed by atoms with Gasteiger partial charge in [-0.2, -0.15) is 0 Å². The first-order chi connectivity index (χ1) is 13.0. The Bertz CT molecular complexity index is 823. The number of para-hydroxylation sites is 1. The highest BCUT2D eigenvalue weighted by Gasteiger charge is 2.13. The van der Waals surface area contributed by atoms with Crippen LogP contribution in [0, 0.1) is 0 Å². The van der Waals surface area contributed by atoms with Crippen LogP contribution in [0.25, 0.3) is 0 Å². The zero-order valence-electron chi connectivity index (χ0n) is 15.0. The smallest absolute Gasteiger partial charge is 0.276 e. The standard InChI is InChI=1S/C20H21BrN2O4/c1-3-11-26-17-8-6-5-7-15(17)20(25)23-22-19(24)13-27-18-10-9-14(4-2)12-16(18)21/h3,5-10,12H,1,4,11,13H2,2H3,(H,22,24)(H,23,25). The van der Waals surface area contributed by atoms with Gasteiger partial charge in [-0.25, -0.2) is 0 Å². The molecule has 0 bridgehead atoms. The topological polar surface area (TPSA) is 76.7 Å². The number of hydrazine groups is 1. The zero-order valence-corrected chi connectivity index (χ0v) is 16.5. The second kappa shape index (κ2) is 10.4. The molecule has 0 heterocycles. The largest absolute Gasteiger partial charge is 0.489 e. The van der Waals surface area contributed by atoms with Gasteiger partial charge in [-0.15, -0.1) is 0 Å². The molecule has 2 aromatic rings. The molecule has 27 heavy (non-hydrogen) atoms. The summed E-state index contributed by atoms with van der Waals surface area (Å²) in [7, 11) is 0. The second-order valence-corrected chi connectivity index (χ2v) is 6.36. The van der Waals surface area contributed by atoms with Crippen molar-refractivity contribution in [3.05, 3.63) is 70.7 Å². The molecule has 0 saturated carbocycles. The Morgan fingerprint density at radius 1 is 1.11 bits per heavy atom. The van der Waals surface area contributed by atoms with E-state index in [4.69, 9.17) is 9.47 Å². The fourth-order valence-corrected chi connectivity index (χ4v) is 2.72. The molecule has 0 fully saturated rings. The van der Waals surface area contributed by atoms with E-state index in [1.807, 2.05) is 12.1 Å². The van der Waals surface area contributed by atoms with Crippen molar-refractivity contribution in [2.45, 2.75) is 13.3 Å². The Kier molecular flexibility index (Phi) is 7.88. The number of benzene rings is 2. The maximum atomic E-state index is 12.3. The van der Waals surface area contributed by atoms with Crippen molar-refractivity contribution in [2.75, 3.05) is 13.2 Å². The van der Waals surface area contributed by atoms with Crippen LogP contribution in [-0.2, 0) is 11.2 Å². The molecular formula is C20H21BrN2O4. The predicted molar refractivity (Wildman–Crippen MR) is 107 cm³/mol. The Balaban J connectivity index is 1.87. The third-order valence-electron chi connectivity index (χ3n) is 3.57. The van der Waals surface area contributed by atoms with Crippen LogP contribution < -0.4 is 20.3 Å². The van der Waals surface area contributed by atoms with Gasteiger partial charge in [0.05, 0.1) is 10.0 Å². The number of carbonyl (C=O) groups excluding carboxylic acids is 2. The van der Waals surface area contributed by atoms with Crippen LogP contribution in [0.4, 0.5) is 0 Å². The molecule has 0 aliphatic heterocycles. The maximum absolute atomic E-state index is 12.3. The molecule has 0 spiro atoms. The van der Waals surface area contributed by atoms with Crippen LogP contribution in [0.15, 0.2) is 59.6 Å². The molecule has 2 N–H and O–H groups in total. The summed E-state index contributed by atoms with van der Waals surface area (Å²) >= 11 is 3.41. The number of halogens is 1. The summed E-state index contributed by atoms with van der Waals surface area (Å²) in [5.74, 6) is -0.0204. The van der Waals surface area contributed by atoms with E-state index in [2.05, 4.69) is 40.3 Å². The molecule has 142 valence electrons. The lowest BCUT2D eigenvalue weighted by Gasteiger charge is -2.12. The fourth-order valence-electron chi connectivity index (χ4n) is 2.18. The summed E-state index contributed by atoms with van der Waals surface area (Å²) in [6.07, 6.45) is 2.49. The lowest BCUT2D eigenvalue weighted by molar-refractivity contribution is -0.123. The summed E-state index contributed by atoms with van der Waals surface area (Å²) in [6.45, 7) is 5.66. The molecule has 2 amide bonds. The van der Waals surface area contributed by atoms with Crippen LogP contribution in [0.5, 0.6) is 11.5 Å². The molecule has 7 heteroatoms. The number of hydrogen-bond donors (Lipinski definition) is 2. The van der Waals surface area contributed by atoms with Gasteiger partial charge in [0.1, 0.15) is 18.1 Å². The molecule has 0 atom stereocenters. The van der Waals surface area contributed by atoms with Crippen molar-refractivity contribution in [1.82, 2.24) is 10.9 Å². The third kappa shape index (κ3) is 6.14. The lowest BCUT2D eigenvalue weighted by Crippen LogP contribution is -2.43. The molecule has 0 saturated heterocycles. The average molecular weight is 433 g/mol. The Hall–Kier alpha value is -2.80. The first-order valence-corrected chi connectivity index (χ1v) is 9.17. The predicted octanol–water partition coefficient (Wildman–Crippen LogP) is 3.42. The maximum Gasteiger partial charge on any atom is 0.276 e. The van der Waals surface area contributed by atoms with E-state index in [0.29, 0.717) is 17.1 Å². The van der Waals surface area contributed by atoms with Gasteiger partial charge < -0.3 is 9.47 Å². The van der Waals surface area contributed by atoms with E-state index in [-0.39, 0.29) is 13.2 Å². The van der Waals surface area contributed by atoms with Crippen molar-refractivity contribution in [2.24, 2.45) is 0 Å². The molecule has 2 aromatic carbocycles. The normalized spacial score (nSPS) is 10.0. The highest BCUT2D eigenvalue weighted by Crippen LogP contribution is 2.26. The van der Waals surface area contributed by atoms with Gasteiger partial charge in [-0.3, -0.25) is 20.4 Å². The van der Waals surface area contributed by atoms with Crippen molar-refractivity contribution in [3.63, 3.8) is 0 Å². The summed E-state index contributed by atoms with van der Waals surface area (Å²) in [6, 6.07) is 12.4. The number of aryl methyl sites for hydroxylation is 1. The summed E-state index contributed by atoms with van der Waals surface area (Å²) < 4.78 is 11.7. The Morgan fingerprint density at radius 3 is 2.59 bits per heavy atom. The van der Waals surface area contributed by atoms with Crippen LogP contribution in [-0.4, -0.2) is 25.0 Å². The number of ether oxygens (including phenoxy) is 2. The molecule has 0 aliphatic carbocycles. The Morgan fingerprint density at radius 2 is 1.89 bits per heavy atom. The molecule has 6 nitrogen and oxygen atoms in total. The molecule has 0 aliphatic rings. The van der Waals surface area contributed by atoms with E-state index in [1.165, 1.54) is 0 Å². The average Bonchev–Trinajstić information content (AvgIpc) is 2.69. The van der Waals surface area contributed by atoms with Gasteiger partial charge in [-0.05, 0) is 52.2 Å². The van der Waals surface area contributed by atoms with Crippen LogP contribution >= 0.6 is 15.9 Å². The van der Waals surface area contributed by atoms with Gasteiger partial charge in [0.2, 0.25) is 0 Å². The number of rotatable bonds is 8. The van der Waals surface area contributed by atoms with E-state index < -0.39 is 11.8 Å². The number of hydrogen-bond acceptors (Lipinski definition) is 4. The van der Waals surface area contributed by atoms with Gasteiger partial charge in [0.25, 0.3) is 11.8 Å². The summed E-state index contributed by atoms with van der Waals surface area (Å²) in [4.78, 5) is 24.2. The molecule has 2 rings (SSSR count). The second-order valence-electron chi connectivity index (χ2n) is 5.51. The summed E-state index contributed by atoms with van der Waals surface area (Å²) in [5.41, 5.74) is 6.13. The number of nitrogens with one attached hydrogen (secondary N) is 2. The van der Waals surface area contributed by atoms with Crippen molar-refractivity contribution >= 4 is 27.7 Å². The SMILES string of the molecule is C=CCOc1ccccc1C(=O)NNC(=O)COc1ccc(CC)cc1Br. The van der Waals surface area contributed by atoms with Gasteiger partial charge >= 0.3 is 0 Å². The first-order valence-electron chi connectivity index (χ1n) is 8.38. The van der Waals surface area contributed by atoms with E-state index in [0.717, 1.165) is 16.5 Å². The number of amides is 2. The highest BCUT2D eigenvalue weighted by atomic mass is 79.9. The van der Waals surface area contributed by atoms with Crippen LogP contribution in [0.3, 0.4) is 0 Å². The minimum Gasteiger partial charge on any atom is -0.489 e. The zero-order chi connectivity index (χ0) is 19.6. The molecule has 0 radical (unpaired) electrons. The fraction of sp³-hybridized carbons (Fsp3) is 0.200. The third-order valence-corrected chi connectivity index (χ3v) is 4.19. The van der Waals surface area contributed by atoms with Crippen LogP contribution in [0.1, 0.15) is 22.8 Å². The van der Waals surface area contributed by atoms with E-state index >= 15 is 0 Å². The van der Waals surface area contributed by atoms with Gasteiger partial charge in [0.15, 0.2) is 6.61 Å². The first kappa shape index (κ1) is 20.5. The van der Waals surface area contributed by atoms with Crippen molar-refractivity contribution in [1.29, 1.82) is 0 Å². The van der Waals surface area contributed by atoms with E-state index in [1.54, 1.807) is 36.4 Å². The minimum absolute atomic E-state index is 0.237. The molecule has 0 unspecified atom stereocenters. The Labute approximate surface area is 166 Å². The lowest BCUT2D eigenvalue weighted by atomic mass is 10.2. The molecular weight excluding hydrogens is 412 g/mol. The van der Waals surface area contributed by atoms with Gasteiger partial charge in [-0.1, -0.05) is 37.8 Å². The summed E-state index contributed by atoms with van der Waals surface area (Å²) in [5, 5.41) is 0. The highest BCUT2D eigenvalue weighted by molar-refractivity contribution is 9.10. The van der Waals surface area contributed by atoms with Crippen molar-refractivity contribution < 1.29 is 19.1 Å². The van der Waals surface area contributed by atoms with E-state index in [9.17, 15) is 9.59 Å². The van der Waals surface area contributed by atoms with Crippen molar-refractivity contribution in [3.8, 4) is 11.5 Å². The minimum atomic E-state index is -0.489. The monoisotopic (exact) mass is 432 g/mol. The molecule has 0 aromatic heterocycles. The quantitative estimate of drug-likeness (QED) is 0.494. The van der Waals surface area contributed by atoms with Crippen LogP contribution in [0.2, 0.25) is 0 Å². The van der Waals surface area contributed by atoms with Gasteiger partial charge in [0, 0.05) is 0 Å². The number of carbonyl (C=O) groups is 2.